The number of amides is 2. The van der Waals surface area contributed by atoms with Crippen molar-refractivity contribution in [2.24, 2.45) is 0 Å². The molecule has 0 saturated heterocycles. The summed E-state index contributed by atoms with van der Waals surface area (Å²) in [4.78, 5) is 23.6. The molecule has 2 N–H and O–H groups in total. The Morgan fingerprint density at radius 3 is 2.19 bits per heavy atom. The van der Waals surface area contributed by atoms with Crippen molar-refractivity contribution >= 4 is 11.8 Å². The van der Waals surface area contributed by atoms with Gasteiger partial charge in [-0.2, -0.15) is 13.2 Å². The fraction of sp³-hybridized carbons (Fsp3) is 0.263. The number of ether oxygens (including phenoxy) is 1. The molecule has 0 aliphatic rings. The predicted octanol–water partition coefficient (Wildman–Crippen LogP) is 3.09. The van der Waals surface area contributed by atoms with Gasteiger partial charge in [0, 0.05) is 0 Å². The second-order valence-corrected chi connectivity index (χ2v) is 5.98. The minimum atomic E-state index is -4.48. The molecule has 2 aromatic carbocycles. The standard InChI is InChI=1S/C19H19F3N2O3/c1-12-5-3-6-13(2)18(12)27-11-17(26)24-23-16(25)10-14-7-4-8-15(9-14)19(20,21)22/h3-9H,10-11H2,1-2H3,(H,23,25)(H,24,26). The van der Waals surface area contributed by atoms with E-state index < -0.39 is 23.6 Å². The van der Waals surface area contributed by atoms with Crippen LogP contribution in [0.3, 0.4) is 0 Å². The van der Waals surface area contributed by atoms with Gasteiger partial charge in [-0.1, -0.05) is 36.4 Å². The summed E-state index contributed by atoms with van der Waals surface area (Å²) in [5.74, 6) is -0.646. The van der Waals surface area contributed by atoms with Gasteiger partial charge in [0.1, 0.15) is 5.75 Å². The molecule has 2 rings (SSSR count). The molecule has 0 bridgehead atoms. The minimum Gasteiger partial charge on any atom is -0.483 e. The molecule has 2 amide bonds. The zero-order chi connectivity index (χ0) is 20.0. The number of rotatable bonds is 5. The van der Waals surface area contributed by atoms with E-state index in [4.69, 9.17) is 4.74 Å². The summed E-state index contributed by atoms with van der Waals surface area (Å²) in [7, 11) is 0. The normalized spacial score (nSPS) is 11.0. The van der Waals surface area contributed by atoms with Crippen LogP contribution in [0.4, 0.5) is 13.2 Å². The predicted molar refractivity (Wildman–Crippen MR) is 92.8 cm³/mol. The molecule has 0 aromatic heterocycles. The molecule has 27 heavy (non-hydrogen) atoms. The number of carbonyl (C=O) groups excluding carboxylic acids is 2. The number of hydrogen-bond donors (Lipinski definition) is 2. The van der Waals surface area contributed by atoms with E-state index in [1.165, 1.54) is 12.1 Å². The monoisotopic (exact) mass is 380 g/mol. The first-order chi connectivity index (χ1) is 12.7. The van der Waals surface area contributed by atoms with E-state index >= 15 is 0 Å². The van der Waals surface area contributed by atoms with Crippen molar-refractivity contribution in [3.05, 3.63) is 64.7 Å². The van der Waals surface area contributed by atoms with E-state index in [0.717, 1.165) is 23.3 Å². The summed E-state index contributed by atoms with van der Waals surface area (Å²) in [5, 5.41) is 0. The van der Waals surface area contributed by atoms with Crippen LogP contribution in [0.25, 0.3) is 0 Å². The number of nitrogens with one attached hydrogen (secondary N) is 2. The first-order valence-corrected chi connectivity index (χ1v) is 8.09. The molecule has 0 saturated carbocycles. The summed E-state index contributed by atoms with van der Waals surface area (Å²) < 4.78 is 43.5. The number of hydrogen-bond acceptors (Lipinski definition) is 3. The second-order valence-electron chi connectivity index (χ2n) is 5.98. The first kappa shape index (κ1) is 20.3. The van der Waals surface area contributed by atoms with E-state index in [-0.39, 0.29) is 18.6 Å². The molecule has 2 aromatic rings. The summed E-state index contributed by atoms with van der Waals surface area (Å²) in [6.07, 6.45) is -4.78. The largest absolute Gasteiger partial charge is 0.483 e. The van der Waals surface area contributed by atoms with Gasteiger partial charge in [0.15, 0.2) is 6.61 Å². The second kappa shape index (κ2) is 8.57. The van der Waals surface area contributed by atoms with Gasteiger partial charge in [-0.05, 0) is 36.6 Å². The quantitative estimate of drug-likeness (QED) is 0.784. The highest BCUT2D eigenvalue weighted by atomic mass is 19.4. The first-order valence-electron chi connectivity index (χ1n) is 8.09. The number of benzene rings is 2. The van der Waals surface area contributed by atoms with Crippen LogP contribution < -0.4 is 15.6 Å². The van der Waals surface area contributed by atoms with Gasteiger partial charge < -0.3 is 4.74 Å². The SMILES string of the molecule is Cc1cccc(C)c1OCC(=O)NNC(=O)Cc1cccc(C(F)(F)F)c1. The molecule has 0 unspecified atom stereocenters. The average molecular weight is 380 g/mol. The van der Waals surface area contributed by atoms with Crippen molar-refractivity contribution in [1.82, 2.24) is 10.9 Å². The number of hydrazine groups is 1. The van der Waals surface area contributed by atoms with Crippen molar-refractivity contribution in [3.63, 3.8) is 0 Å². The van der Waals surface area contributed by atoms with Crippen molar-refractivity contribution < 1.29 is 27.5 Å². The summed E-state index contributed by atoms with van der Waals surface area (Å²) in [5.41, 5.74) is 5.42. The molecule has 8 heteroatoms. The zero-order valence-corrected chi connectivity index (χ0v) is 14.8. The van der Waals surface area contributed by atoms with Gasteiger partial charge in [0.05, 0.1) is 12.0 Å². The lowest BCUT2D eigenvalue weighted by molar-refractivity contribution is -0.137. The van der Waals surface area contributed by atoms with Crippen molar-refractivity contribution in [2.45, 2.75) is 26.4 Å². The van der Waals surface area contributed by atoms with E-state index in [2.05, 4.69) is 10.9 Å². The Morgan fingerprint density at radius 2 is 1.56 bits per heavy atom. The van der Waals surface area contributed by atoms with Crippen molar-refractivity contribution in [3.8, 4) is 5.75 Å². The lowest BCUT2D eigenvalue weighted by atomic mass is 10.1. The van der Waals surface area contributed by atoms with Crippen LogP contribution in [0.1, 0.15) is 22.3 Å². The summed E-state index contributed by atoms with van der Waals surface area (Å²) in [6, 6.07) is 10.0. The average Bonchev–Trinajstić information content (AvgIpc) is 2.59. The molecular formula is C19H19F3N2O3. The lowest BCUT2D eigenvalue weighted by Crippen LogP contribution is -2.44. The van der Waals surface area contributed by atoms with Gasteiger partial charge in [0.2, 0.25) is 5.91 Å². The van der Waals surface area contributed by atoms with E-state index in [1.54, 1.807) is 0 Å². The Morgan fingerprint density at radius 1 is 0.963 bits per heavy atom. The van der Waals surface area contributed by atoms with Crippen LogP contribution in [0, 0.1) is 13.8 Å². The Labute approximate surface area is 154 Å². The zero-order valence-electron chi connectivity index (χ0n) is 14.8. The number of para-hydroxylation sites is 1. The van der Waals surface area contributed by atoms with Gasteiger partial charge in [0.25, 0.3) is 5.91 Å². The topological polar surface area (TPSA) is 67.4 Å². The van der Waals surface area contributed by atoms with Gasteiger partial charge in [-0.3, -0.25) is 20.4 Å². The maximum absolute atomic E-state index is 12.7. The highest BCUT2D eigenvalue weighted by Crippen LogP contribution is 2.29. The molecule has 0 aliphatic heterocycles. The molecule has 0 heterocycles. The molecule has 0 aliphatic carbocycles. The summed E-state index contributed by atoms with van der Waals surface area (Å²) >= 11 is 0. The van der Waals surface area contributed by atoms with Crippen molar-refractivity contribution in [2.75, 3.05) is 6.61 Å². The van der Waals surface area contributed by atoms with Crippen molar-refractivity contribution in [1.29, 1.82) is 0 Å². The van der Waals surface area contributed by atoms with Crippen LogP contribution in [0.5, 0.6) is 5.75 Å². The van der Waals surface area contributed by atoms with Crippen LogP contribution >= 0.6 is 0 Å². The Kier molecular flexibility index (Phi) is 6.44. The molecular weight excluding hydrogens is 361 g/mol. The molecule has 0 atom stereocenters. The Hall–Kier alpha value is -3.03. The molecule has 144 valence electrons. The number of aryl methyl sites for hydroxylation is 2. The molecule has 0 spiro atoms. The third-order valence-corrected chi connectivity index (χ3v) is 3.72. The lowest BCUT2D eigenvalue weighted by Gasteiger charge is -2.12. The van der Waals surface area contributed by atoms with Gasteiger partial charge >= 0.3 is 6.18 Å². The van der Waals surface area contributed by atoms with E-state index in [9.17, 15) is 22.8 Å². The maximum atomic E-state index is 12.7. The highest BCUT2D eigenvalue weighted by Gasteiger charge is 2.30. The number of halogens is 3. The highest BCUT2D eigenvalue weighted by molar-refractivity contribution is 5.83. The van der Waals surface area contributed by atoms with Crippen LogP contribution in [-0.2, 0) is 22.2 Å². The third-order valence-electron chi connectivity index (χ3n) is 3.72. The minimum absolute atomic E-state index is 0.184. The van der Waals surface area contributed by atoms with Gasteiger partial charge in [-0.15, -0.1) is 0 Å². The number of alkyl halides is 3. The Balaban J connectivity index is 1.82. The van der Waals surface area contributed by atoms with E-state index in [0.29, 0.717) is 5.75 Å². The van der Waals surface area contributed by atoms with E-state index in [1.807, 2.05) is 32.0 Å². The fourth-order valence-electron chi connectivity index (χ4n) is 2.43. The molecule has 5 nitrogen and oxygen atoms in total. The molecule has 0 radical (unpaired) electrons. The third kappa shape index (κ3) is 6.02. The number of carbonyl (C=O) groups is 2. The fourth-order valence-corrected chi connectivity index (χ4v) is 2.43. The smallest absolute Gasteiger partial charge is 0.416 e. The van der Waals surface area contributed by atoms with Gasteiger partial charge in [-0.25, -0.2) is 0 Å². The van der Waals surface area contributed by atoms with Crippen LogP contribution in [0.15, 0.2) is 42.5 Å². The van der Waals surface area contributed by atoms with Crippen LogP contribution in [-0.4, -0.2) is 18.4 Å². The molecule has 0 fully saturated rings. The van der Waals surface area contributed by atoms with Crippen LogP contribution in [0.2, 0.25) is 0 Å². The summed E-state index contributed by atoms with van der Waals surface area (Å²) in [6.45, 7) is 3.38. The Bertz CT molecular complexity index is 815. The maximum Gasteiger partial charge on any atom is 0.416 e.